The second-order valence-corrected chi connectivity index (χ2v) is 11.2. The van der Waals surface area contributed by atoms with Crippen molar-refractivity contribution in [3.05, 3.63) is 12.2 Å². The number of unbranched alkanes of at least 4 members (excludes halogenated alkanes) is 3. The number of Topliss-reactive ketones (excluding diaryl/α,β-unsaturated/α-hetero) is 2. The summed E-state index contributed by atoms with van der Waals surface area (Å²) in [5.74, 6) is 0.436. The molecule has 0 heterocycles. The fourth-order valence-corrected chi connectivity index (χ4v) is 4.54. The van der Waals surface area contributed by atoms with Gasteiger partial charge in [-0.15, -0.1) is 0 Å². The van der Waals surface area contributed by atoms with Crippen LogP contribution < -0.4 is 10.6 Å². The minimum absolute atomic E-state index is 0.00622. The normalized spacial score (nSPS) is 16.4. The van der Waals surface area contributed by atoms with E-state index < -0.39 is 18.2 Å². The zero-order valence-electron chi connectivity index (χ0n) is 24.5. The Labute approximate surface area is 220 Å². The number of nitrogens with zero attached hydrogens (tertiary/aromatic N) is 1. The lowest BCUT2D eigenvalue weighted by Crippen LogP contribution is -2.51. The summed E-state index contributed by atoms with van der Waals surface area (Å²) >= 11 is 0. The summed E-state index contributed by atoms with van der Waals surface area (Å²) in [6.45, 7) is 12.0. The maximum atomic E-state index is 12.8. The number of hydrogen-bond acceptors (Lipinski definition) is 6. The minimum atomic E-state index is -0.701. The van der Waals surface area contributed by atoms with Gasteiger partial charge in [-0.1, -0.05) is 59.6 Å². The zero-order valence-corrected chi connectivity index (χ0v) is 24.5. The molecule has 0 spiro atoms. The number of nitrogens with one attached hydrogen (secondary N) is 2. The van der Waals surface area contributed by atoms with Gasteiger partial charge in [-0.2, -0.15) is 0 Å². The highest BCUT2D eigenvalue weighted by Crippen LogP contribution is 2.19. The van der Waals surface area contributed by atoms with Gasteiger partial charge < -0.3 is 15.7 Å². The third-order valence-electron chi connectivity index (χ3n) is 6.82. The van der Waals surface area contributed by atoms with E-state index in [4.69, 9.17) is 0 Å². The predicted octanol–water partition coefficient (Wildman–Crippen LogP) is 4.13. The first kappa shape index (κ1) is 34.4. The third kappa shape index (κ3) is 13.1. The van der Waals surface area contributed by atoms with Crippen molar-refractivity contribution in [2.75, 3.05) is 21.1 Å². The fourth-order valence-electron chi connectivity index (χ4n) is 4.54. The molecule has 0 radical (unpaired) electrons. The summed E-state index contributed by atoms with van der Waals surface area (Å²) in [6, 6.07) is -1.28. The second-order valence-electron chi connectivity index (χ2n) is 11.2. The molecule has 0 saturated carbocycles. The first-order valence-electron chi connectivity index (χ1n) is 13.9. The molecule has 3 N–H and O–H groups in total. The van der Waals surface area contributed by atoms with Crippen molar-refractivity contribution in [3.8, 4) is 0 Å². The summed E-state index contributed by atoms with van der Waals surface area (Å²) in [5.41, 5.74) is 0. The van der Waals surface area contributed by atoms with Gasteiger partial charge in [0.2, 0.25) is 5.91 Å². The van der Waals surface area contributed by atoms with Crippen molar-refractivity contribution in [2.24, 2.45) is 17.8 Å². The van der Waals surface area contributed by atoms with Gasteiger partial charge in [0.15, 0.2) is 11.6 Å². The number of likely N-dealkylation sites (N-methyl/N-ethyl adjacent to an activating group) is 2. The van der Waals surface area contributed by atoms with Gasteiger partial charge >= 0.3 is 0 Å². The van der Waals surface area contributed by atoms with E-state index in [2.05, 4.69) is 24.5 Å². The average molecular weight is 510 g/mol. The van der Waals surface area contributed by atoms with Crippen LogP contribution in [0.25, 0.3) is 0 Å². The van der Waals surface area contributed by atoms with Crippen LogP contribution in [0.3, 0.4) is 0 Å². The molecule has 0 unspecified atom stereocenters. The molecule has 7 heteroatoms. The van der Waals surface area contributed by atoms with Crippen LogP contribution in [-0.4, -0.2) is 72.9 Å². The second kappa shape index (κ2) is 18.6. The summed E-state index contributed by atoms with van der Waals surface area (Å²) in [6.07, 6.45) is 8.81. The number of allylic oxidation sites excluding steroid dienone is 2. The SMILES string of the molecule is C/C=C/C[C@@H](C)[C@@H](O)[C@H](C(=O)CCCCCCC(=O)[C@@H](NC(=O)[C@H](CC(C)C)NC)C(C)C)N(C)C. The van der Waals surface area contributed by atoms with Crippen LogP contribution in [0.2, 0.25) is 0 Å². The van der Waals surface area contributed by atoms with Crippen molar-refractivity contribution >= 4 is 17.5 Å². The van der Waals surface area contributed by atoms with E-state index in [1.807, 2.05) is 58.8 Å². The first-order valence-corrected chi connectivity index (χ1v) is 13.9. The van der Waals surface area contributed by atoms with Gasteiger partial charge in [0.05, 0.1) is 24.2 Å². The highest BCUT2D eigenvalue weighted by molar-refractivity contribution is 5.91. The molecular weight excluding hydrogens is 454 g/mol. The van der Waals surface area contributed by atoms with E-state index in [1.165, 1.54) is 0 Å². The maximum Gasteiger partial charge on any atom is 0.237 e. The number of hydrogen-bond donors (Lipinski definition) is 3. The van der Waals surface area contributed by atoms with Gasteiger partial charge in [0, 0.05) is 12.8 Å². The smallest absolute Gasteiger partial charge is 0.237 e. The topological polar surface area (TPSA) is 98.7 Å². The van der Waals surface area contributed by atoms with Crippen molar-refractivity contribution in [1.82, 2.24) is 15.5 Å². The quantitative estimate of drug-likeness (QED) is 0.169. The Hall–Kier alpha value is -1.57. The van der Waals surface area contributed by atoms with Crippen molar-refractivity contribution < 1.29 is 19.5 Å². The largest absolute Gasteiger partial charge is 0.391 e. The average Bonchev–Trinajstić information content (AvgIpc) is 2.80. The molecule has 7 nitrogen and oxygen atoms in total. The number of carbonyl (C=O) groups excluding carboxylic acids is 3. The maximum absolute atomic E-state index is 12.8. The molecule has 0 saturated heterocycles. The molecule has 36 heavy (non-hydrogen) atoms. The number of aliphatic hydroxyl groups is 1. The van der Waals surface area contributed by atoms with Crippen molar-refractivity contribution in [3.63, 3.8) is 0 Å². The van der Waals surface area contributed by atoms with Gasteiger partial charge in [0.25, 0.3) is 0 Å². The van der Waals surface area contributed by atoms with Crippen molar-refractivity contribution in [2.45, 2.75) is 117 Å². The molecule has 0 aromatic rings. The third-order valence-corrected chi connectivity index (χ3v) is 6.82. The van der Waals surface area contributed by atoms with Crippen LogP contribution >= 0.6 is 0 Å². The molecule has 0 aliphatic carbocycles. The molecule has 0 bridgehead atoms. The molecule has 0 aliphatic heterocycles. The Kier molecular flexibility index (Phi) is 17.8. The number of carbonyl (C=O) groups is 3. The summed E-state index contributed by atoms with van der Waals surface area (Å²) in [4.78, 5) is 40.2. The highest BCUT2D eigenvalue weighted by atomic mass is 16.3. The van der Waals surface area contributed by atoms with Crippen molar-refractivity contribution in [1.29, 1.82) is 0 Å². The van der Waals surface area contributed by atoms with E-state index >= 15 is 0 Å². The summed E-state index contributed by atoms with van der Waals surface area (Å²) in [7, 11) is 5.45. The molecule has 5 atom stereocenters. The lowest BCUT2D eigenvalue weighted by Gasteiger charge is -2.31. The highest BCUT2D eigenvalue weighted by Gasteiger charge is 2.31. The lowest BCUT2D eigenvalue weighted by atomic mass is 9.89. The van der Waals surface area contributed by atoms with E-state index in [0.717, 1.165) is 38.5 Å². The van der Waals surface area contributed by atoms with Crippen LogP contribution in [0.5, 0.6) is 0 Å². The van der Waals surface area contributed by atoms with Gasteiger partial charge in [-0.05, 0) is 71.5 Å². The Balaban J connectivity index is 4.60. The number of aliphatic hydroxyl groups excluding tert-OH is 1. The van der Waals surface area contributed by atoms with E-state index in [0.29, 0.717) is 18.8 Å². The molecule has 0 aromatic heterocycles. The standard InChI is InChI=1S/C29H55N3O4/c1-10-11-16-22(6)28(35)27(32(8)9)25(34)18-15-13-12-14-17-24(33)26(21(4)5)31-29(36)23(30-7)19-20(2)3/h10-11,20-23,26-28,30,35H,12-19H2,1-9H3,(H,31,36)/b11-10+/t22-,23+,26+,27+,28-/m1/s1. The van der Waals surface area contributed by atoms with Crippen LogP contribution in [0, 0.1) is 17.8 Å². The van der Waals surface area contributed by atoms with Gasteiger partial charge in [0.1, 0.15) is 0 Å². The Bertz CT molecular complexity index is 675. The number of rotatable bonds is 20. The molecule has 0 rings (SSSR count). The van der Waals surface area contributed by atoms with E-state index in [-0.39, 0.29) is 35.4 Å². The van der Waals surface area contributed by atoms with Crippen LogP contribution in [0.1, 0.15) is 92.9 Å². The monoisotopic (exact) mass is 509 g/mol. The first-order chi connectivity index (χ1) is 16.9. The predicted molar refractivity (Wildman–Crippen MR) is 149 cm³/mol. The van der Waals surface area contributed by atoms with Gasteiger partial charge in [-0.25, -0.2) is 0 Å². The van der Waals surface area contributed by atoms with Crippen LogP contribution in [0.4, 0.5) is 0 Å². The number of ketones is 2. The van der Waals surface area contributed by atoms with Gasteiger partial charge in [-0.3, -0.25) is 19.3 Å². The van der Waals surface area contributed by atoms with E-state index in [9.17, 15) is 19.5 Å². The number of amides is 1. The molecule has 0 fully saturated rings. The van der Waals surface area contributed by atoms with Crippen LogP contribution in [0.15, 0.2) is 12.2 Å². The molecular formula is C29H55N3O4. The molecule has 1 amide bonds. The lowest BCUT2D eigenvalue weighted by molar-refractivity contribution is -0.130. The van der Waals surface area contributed by atoms with Crippen LogP contribution in [-0.2, 0) is 14.4 Å². The Morgan fingerprint density at radius 1 is 0.917 bits per heavy atom. The zero-order chi connectivity index (χ0) is 27.8. The minimum Gasteiger partial charge on any atom is -0.391 e. The summed E-state index contributed by atoms with van der Waals surface area (Å²) < 4.78 is 0. The Morgan fingerprint density at radius 3 is 1.92 bits per heavy atom. The van der Waals surface area contributed by atoms with E-state index in [1.54, 1.807) is 7.05 Å². The molecule has 210 valence electrons. The molecule has 0 aliphatic rings. The fraction of sp³-hybridized carbons (Fsp3) is 0.828. The summed E-state index contributed by atoms with van der Waals surface area (Å²) in [5, 5.41) is 16.8. The Morgan fingerprint density at radius 2 is 1.47 bits per heavy atom. The molecule has 0 aromatic carbocycles.